The molecule has 1 aliphatic heterocycles. The molecule has 0 saturated heterocycles. The molecule has 0 aromatic heterocycles. The zero-order chi connectivity index (χ0) is 22.0. The van der Waals surface area contributed by atoms with Gasteiger partial charge in [0.15, 0.2) is 0 Å². The number of fused-ring (bicyclic) bond motifs is 1. The van der Waals surface area contributed by atoms with Crippen LogP contribution in [0.1, 0.15) is 23.6 Å². The predicted molar refractivity (Wildman–Crippen MR) is 125 cm³/mol. The van der Waals surface area contributed by atoms with Crippen molar-refractivity contribution in [1.29, 1.82) is 0 Å². The van der Waals surface area contributed by atoms with E-state index in [4.69, 9.17) is 16.6 Å². The van der Waals surface area contributed by atoms with Crippen LogP contribution < -0.4 is 10.2 Å². The van der Waals surface area contributed by atoms with E-state index in [9.17, 15) is 9.59 Å². The molecule has 4 rings (SSSR count). The molecule has 1 aliphatic rings. The van der Waals surface area contributed by atoms with Crippen molar-refractivity contribution < 1.29 is 9.59 Å². The lowest BCUT2D eigenvalue weighted by molar-refractivity contribution is -0.122. The van der Waals surface area contributed by atoms with E-state index < -0.39 is 6.04 Å². The molecule has 0 bridgehead atoms. The number of benzene rings is 3. The van der Waals surface area contributed by atoms with E-state index in [1.165, 1.54) is 4.90 Å². The third-order valence-corrected chi connectivity index (χ3v) is 5.61. The molecule has 1 N–H and O–H groups in total. The van der Waals surface area contributed by atoms with Crippen LogP contribution >= 0.6 is 11.6 Å². The molecule has 0 unspecified atom stereocenters. The van der Waals surface area contributed by atoms with E-state index in [1.807, 2.05) is 67.6 Å². The van der Waals surface area contributed by atoms with Crippen LogP contribution in [-0.4, -0.2) is 30.1 Å². The molecule has 156 valence electrons. The summed E-state index contributed by atoms with van der Waals surface area (Å²) >= 11 is 6.16. The lowest BCUT2D eigenvalue weighted by atomic mass is 10.0. The highest BCUT2D eigenvalue weighted by Gasteiger charge is 2.30. The van der Waals surface area contributed by atoms with Crippen molar-refractivity contribution in [2.24, 2.45) is 4.99 Å². The van der Waals surface area contributed by atoms with E-state index in [2.05, 4.69) is 5.32 Å². The number of anilines is 2. The van der Waals surface area contributed by atoms with Crippen molar-refractivity contribution >= 4 is 40.5 Å². The van der Waals surface area contributed by atoms with Gasteiger partial charge in [0.05, 0.1) is 11.4 Å². The average molecular weight is 432 g/mol. The third kappa shape index (κ3) is 4.37. The fraction of sp³-hybridized carbons (Fsp3) is 0.160. The lowest BCUT2D eigenvalue weighted by Crippen LogP contribution is -2.42. The van der Waals surface area contributed by atoms with Crippen LogP contribution in [0, 0.1) is 6.92 Å². The molecule has 31 heavy (non-hydrogen) atoms. The van der Waals surface area contributed by atoms with Crippen molar-refractivity contribution in [3.05, 3.63) is 94.5 Å². The molecule has 5 nitrogen and oxygen atoms in total. The fourth-order valence-corrected chi connectivity index (χ4v) is 3.76. The summed E-state index contributed by atoms with van der Waals surface area (Å²) in [5.74, 6) is -0.533. The molecule has 0 spiro atoms. The van der Waals surface area contributed by atoms with Gasteiger partial charge in [-0.1, -0.05) is 66.2 Å². The first kappa shape index (κ1) is 20.8. The number of carbonyl (C=O) groups excluding carboxylic acids is 2. The van der Waals surface area contributed by atoms with E-state index >= 15 is 0 Å². The smallest absolute Gasteiger partial charge is 0.252 e. The van der Waals surface area contributed by atoms with Gasteiger partial charge in [0.2, 0.25) is 5.91 Å². The SMILES string of the molecule is Cc1ccc(NC(=O)CN2C(=O)[C@@H](C)N=C(c3ccccc3)c3ccccc32)cc1Cl. The number of aryl methyl sites for hydroxylation is 1. The van der Waals surface area contributed by atoms with Crippen molar-refractivity contribution in [3.63, 3.8) is 0 Å². The topological polar surface area (TPSA) is 61.8 Å². The highest BCUT2D eigenvalue weighted by Crippen LogP contribution is 2.28. The molecule has 1 heterocycles. The van der Waals surface area contributed by atoms with Crippen molar-refractivity contribution in [3.8, 4) is 0 Å². The van der Waals surface area contributed by atoms with Gasteiger partial charge in [-0.05, 0) is 37.6 Å². The number of amides is 2. The van der Waals surface area contributed by atoms with Crippen molar-refractivity contribution in [2.75, 3.05) is 16.8 Å². The molecule has 2 amide bonds. The predicted octanol–water partition coefficient (Wildman–Crippen LogP) is 4.86. The maximum absolute atomic E-state index is 13.2. The van der Waals surface area contributed by atoms with Crippen LogP contribution in [0.2, 0.25) is 5.02 Å². The molecule has 0 saturated carbocycles. The summed E-state index contributed by atoms with van der Waals surface area (Å²) in [5, 5.41) is 3.40. The van der Waals surface area contributed by atoms with Crippen molar-refractivity contribution in [1.82, 2.24) is 0 Å². The summed E-state index contributed by atoms with van der Waals surface area (Å²) in [4.78, 5) is 32.2. The van der Waals surface area contributed by atoms with Crippen LogP contribution in [0.3, 0.4) is 0 Å². The Morgan fingerprint density at radius 2 is 1.77 bits per heavy atom. The Kier molecular flexibility index (Phi) is 5.87. The monoisotopic (exact) mass is 431 g/mol. The number of aliphatic imine (C=N–C) groups is 1. The van der Waals surface area contributed by atoms with Gasteiger partial charge in [0, 0.05) is 21.8 Å². The summed E-state index contributed by atoms with van der Waals surface area (Å²) in [6, 6.07) is 22.0. The van der Waals surface area contributed by atoms with E-state index in [0.717, 1.165) is 22.4 Å². The highest BCUT2D eigenvalue weighted by atomic mass is 35.5. The Hall–Kier alpha value is -3.44. The van der Waals surface area contributed by atoms with Gasteiger partial charge in [-0.2, -0.15) is 0 Å². The molecular weight excluding hydrogens is 410 g/mol. The van der Waals surface area contributed by atoms with Gasteiger partial charge in [0.25, 0.3) is 5.91 Å². The van der Waals surface area contributed by atoms with Crippen LogP contribution in [0.15, 0.2) is 77.8 Å². The second-order valence-electron chi connectivity index (χ2n) is 7.47. The summed E-state index contributed by atoms with van der Waals surface area (Å²) in [7, 11) is 0. The zero-order valence-electron chi connectivity index (χ0n) is 17.3. The largest absolute Gasteiger partial charge is 0.324 e. The Morgan fingerprint density at radius 3 is 2.52 bits per heavy atom. The number of benzodiazepines with no additional fused rings is 1. The maximum atomic E-state index is 13.2. The van der Waals surface area contributed by atoms with Gasteiger partial charge in [-0.15, -0.1) is 0 Å². The van der Waals surface area contributed by atoms with Gasteiger partial charge >= 0.3 is 0 Å². The summed E-state index contributed by atoms with van der Waals surface area (Å²) in [5.41, 5.74) is 4.66. The first-order chi connectivity index (χ1) is 14.9. The number of rotatable bonds is 4. The first-order valence-corrected chi connectivity index (χ1v) is 10.4. The minimum absolute atomic E-state index is 0.122. The maximum Gasteiger partial charge on any atom is 0.252 e. The fourth-order valence-electron chi connectivity index (χ4n) is 3.58. The normalized spacial score (nSPS) is 15.7. The van der Waals surface area contributed by atoms with Crippen LogP contribution in [0.5, 0.6) is 0 Å². The second kappa shape index (κ2) is 8.74. The Morgan fingerprint density at radius 1 is 1.06 bits per heavy atom. The van der Waals surface area contributed by atoms with Gasteiger partial charge in [0.1, 0.15) is 12.6 Å². The Balaban J connectivity index is 1.66. The van der Waals surface area contributed by atoms with E-state index in [1.54, 1.807) is 19.1 Å². The number of hydrogen-bond donors (Lipinski definition) is 1. The molecule has 0 radical (unpaired) electrons. The minimum Gasteiger partial charge on any atom is -0.324 e. The minimum atomic E-state index is -0.621. The van der Waals surface area contributed by atoms with Gasteiger partial charge in [-0.25, -0.2) is 0 Å². The number of carbonyl (C=O) groups is 2. The number of hydrogen-bond acceptors (Lipinski definition) is 3. The summed E-state index contributed by atoms with van der Waals surface area (Å²) in [6.45, 7) is 3.53. The number of halogens is 1. The highest BCUT2D eigenvalue weighted by molar-refractivity contribution is 6.31. The Labute approximate surface area is 186 Å². The van der Waals surface area contributed by atoms with Crippen molar-refractivity contribution in [2.45, 2.75) is 19.9 Å². The molecule has 0 fully saturated rings. The van der Waals surface area contributed by atoms with E-state index in [-0.39, 0.29) is 18.4 Å². The quantitative estimate of drug-likeness (QED) is 0.641. The van der Waals surface area contributed by atoms with Gasteiger partial charge < -0.3 is 10.2 Å². The second-order valence-corrected chi connectivity index (χ2v) is 7.88. The molecule has 3 aromatic carbocycles. The Bertz CT molecular complexity index is 1170. The number of nitrogens with one attached hydrogen (secondary N) is 1. The van der Waals surface area contributed by atoms with Crippen LogP contribution in [0.25, 0.3) is 0 Å². The molecule has 6 heteroatoms. The molecule has 1 atom stereocenters. The van der Waals surface area contributed by atoms with Gasteiger partial charge in [-0.3, -0.25) is 14.6 Å². The number of para-hydroxylation sites is 1. The number of nitrogens with zero attached hydrogens (tertiary/aromatic N) is 2. The lowest BCUT2D eigenvalue weighted by Gasteiger charge is -2.24. The van der Waals surface area contributed by atoms with Crippen LogP contribution in [-0.2, 0) is 9.59 Å². The first-order valence-electron chi connectivity index (χ1n) is 10.0. The molecular formula is C25H22ClN3O2. The van der Waals surface area contributed by atoms with Crippen LogP contribution in [0.4, 0.5) is 11.4 Å². The summed E-state index contributed by atoms with van der Waals surface area (Å²) in [6.07, 6.45) is 0. The molecule has 3 aromatic rings. The molecule has 0 aliphatic carbocycles. The summed E-state index contributed by atoms with van der Waals surface area (Å²) < 4.78 is 0. The third-order valence-electron chi connectivity index (χ3n) is 5.20. The zero-order valence-corrected chi connectivity index (χ0v) is 18.1. The standard InChI is InChI=1S/C25H22ClN3O2/c1-16-12-13-19(14-21(16)26)28-23(30)15-29-22-11-7-6-10-20(22)24(27-17(2)25(29)31)18-8-4-3-5-9-18/h3-14,17H,15H2,1-2H3,(H,28,30)/t17-/m1/s1. The van der Waals surface area contributed by atoms with E-state index in [0.29, 0.717) is 16.4 Å². The average Bonchev–Trinajstić information content (AvgIpc) is 2.87.